The van der Waals surface area contributed by atoms with Crippen LogP contribution in [0.4, 0.5) is 5.69 Å². The molecule has 0 saturated carbocycles. The quantitative estimate of drug-likeness (QED) is 0.313. The number of aliphatic imine (C=N–C) groups is 1. The molecule has 8 nitrogen and oxygen atoms in total. The Bertz CT molecular complexity index is 980. The van der Waals surface area contributed by atoms with Crippen molar-refractivity contribution in [3.8, 4) is 11.5 Å². The Labute approximate surface area is 161 Å². The normalized spacial score (nSPS) is 14.6. The number of cyclic esters (lactones) is 1. The number of rotatable bonds is 7. The number of methoxy groups -OCH3 is 1. The largest absolute Gasteiger partial charge is 0.493 e. The minimum Gasteiger partial charge on any atom is -0.493 e. The summed E-state index contributed by atoms with van der Waals surface area (Å²) in [4.78, 5) is 26.9. The van der Waals surface area contributed by atoms with E-state index in [1.54, 1.807) is 30.3 Å². The molecule has 1 aliphatic heterocycles. The molecule has 1 heterocycles. The van der Waals surface area contributed by atoms with Crippen LogP contribution in [0.5, 0.6) is 11.5 Å². The van der Waals surface area contributed by atoms with Gasteiger partial charge >= 0.3 is 5.97 Å². The van der Waals surface area contributed by atoms with Crippen molar-refractivity contribution in [2.24, 2.45) is 4.99 Å². The number of esters is 1. The molecule has 3 rings (SSSR count). The molecule has 0 saturated heterocycles. The highest BCUT2D eigenvalue weighted by Crippen LogP contribution is 2.33. The maximum absolute atomic E-state index is 12.2. The lowest BCUT2D eigenvalue weighted by Gasteiger charge is -2.12. The molecular weight excluding hydrogens is 364 g/mol. The fourth-order valence-electron chi connectivity index (χ4n) is 2.60. The van der Waals surface area contributed by atoms with Crippen molar-refractivity contribution in [2.75, 3.05) is 13.7 Å². The summed E-state index contributed by atoms with van der Waals surface area (Å²) in [5.74, 6) is 0.410. The van der Waals surface area contributed by atoms with Crippen LogP contribution >= 0.6 is 0 Å². The van der Waals surface area contributed by atoms with Crippen LogP contribution in [0.1, 0.15) is 24.5 Å². The van der Waals surface area contributed by atoms with Gasteiger partial charge in [0.25, 0.3) is 5.69 Å². The third-order valence-electron chi connectivity index (χ3n) is 3.90. The average molecular weight is 382 g/mol. The minimum absolute atomic E-state index is 0.0128. The predicted octanol–water partition coefficient (Wildman–Crippen LogP) is 3.74. The van der Waals surface area contributed by atoms with E-state index in [0.717, 1.165) is 6.42 Å². The molecule has 0 aliphatic carbocycles. The molecule has 0 radical (unpaired) electrons. The Morgan fingerprint density at radius 2 is 2.04 bits per heavy atom. The maximum Gasteiger partial charge on any atom is 0.363 e. The molecule has 28 heavy (non-hydrogen) atoms. The van der Waals surface area contributed by atoms with Gasteiger partial charge < -0.3 is 14.2 Å². The molecule has 0 amide bonds. The van der Waals surface area contributed by atoms with E-state index in [-0.39, 0.29) is 17.3 Å². The summed E-state index contributed by atoms with van der Waals surface area (Å²) in [6.07, 6.45) is 2.35. The highest BCUT2D eigenvalue weighted by Gasteiger charge is 2.26. The lowest BCUT2D eigenvalue weighted by Crippen LogP contribution is -2.06. The molecule has 0 unspecified atom stereocenters. The summed E-state index contributed by atoms with van der Waals surface area (Å²) in [5, 5.41) is 10.9. The van der Waals surface area contributed by atoms with E-state index in [1.165, 1.54) is 25.3 Å². The summed E-state index contributed by atoms with van der Waals surface area (Å²) in [6.45, 7) is 2.47. The van der Waals surface area contributed by atoms with Gasteiger partial charge in [-0.1, -0.05) is 25.1 Å². The number of non-ortho nitro benzene ring substituents is 1. The Morgan fingerprint density at radius 3 is 2.75 bits per heavy atom. The molecule has 8 heteroatoms. The summed E-state index contributed by atoms with van der Waals surface area (Å²) < 4.78 is 16.3. The third kappa shape index (κ3) is 4.01. The zero-order valence-electron chi connectivity index (χ0n) is 15.4. The number of nitrogens with zero attached hydrogens (tertiary/aromatic N) is 2. The Balaban J connectivity index is 1.98. The Kier molecular flexibility index (Phi) is 5.69. The van der Waals surface area contributed by atoms with Gasteiger partial charge in [-0.05, 0) is 24.6 Å². The van der Waals surface area contributed by atoms with Gasteiger partial charge in [-0.15, -0.1) is 0 Å². The highest BCUT2D eigenvalue weighted by atomic mass is 16.6. The maximum atomic E-state index is 12.2. The van der Waals surface area contributed by atoms with Crippen LogP contribution in [0.2, 0.25) is 0 Å². The second kappa shape index (κ2) is 8.34. The number of carbonyl (C=O) groups excluding carboxylic acids is 1. The molecule has 0 atom stereocenters. The van der Waals surface area contributed by atoms with Crippen molar-refractivity contribution in [3.05, 3.63) is 69.4 Å². The standard InChI is InChI=1S/C20H18N2O6/c1-3-10-27-18-13(6-5-9-17(18)26-2)12-16-20(23)28-19(21-16)14-7-4-8-15(11-14)22(24)25/h4-9,11-12H,3,10H2,1-2H3/b16-12-. The van der Waals surface area contributed by atoms with Gasteiger partial charge in [0.1, 0.15) is 0 Å². The number of benzene rings is 2. The van der Waals surface area contributed by atoms with Gasteiger partial charge in [0.15, 0.2) is 17.2 Å². The van der Waals surface area contributed by atoms with Gasteiger partial charge in [0.05, 0.1) is 18.6 Å². The number of ether oxygens (including phenoxy) is 3. The molecule has 0 spiro atoms. The first-order valence-electron chi connectivity index (χ1n) is 8.60. The number of hydrogen-bond acceptors (Lipinski definition) is 7. The summed E-state index contributed by atoms with van der Waals surface area (Å²) >= 11 is 0. The first-order valence-corrected chi connectivity index (χ1v) is 8.60. The van der Waals surface area contributed by atoms with Crippen molar-refractivity contribution >= 4 is 23.6 Å². The van der Waals surface area contributed by atoms with Crippen LogP contribution in [0, 0.1) is 10.1 Å². The van der Waals surface area contributed by atoms with Crippen LogP contribution in [0.15, 0.2) is 53.2 Å². The second-order valence-corrected chi connectivity index (χ2v) is 5.87. The third-order valence-corrected chi connectivity index (χ3v) is 3.90. The van der Waals surface area contributed by atoms with Crippen LogP contribution in [-0.2, 0) is 9.53 Å². The molecule has 1 aliphatic rings. The summed E-state index contributed by atoms with van der Waals surface area (Å²) in [6, 6.07) is 11.1. The number of carbonyl (C=O) groups is 1. The number of para-hydroxylation sites is 1. The Morgan fingerprint density at radius 1 is 1.25 bits per heavy atom. The van der Waals surface area contributed by atoms with Crippen LogP contribution < -0.4 is 9.47 Å². The van der Waals surface area contributed by atoms with Crippen molar-refractivity contribution in [1.29, 1.82) is 0 Å². The van der Waals surface area contributed by atoms with Gasteiger partial charge in [-0.3, -0.25) is 10.1 Å². The van der Waals surface area contributed by atoms with Crippen molar-refractivity contribution in [1.82, 2.24) is 0 Å². The minimum atomic E-state index is -0.647. The SMILES string of the molecule is CCCOc1c(/C=C2\N=C(c3cccc([N+](=O)[O-])c3)OC2=O)cccc1OC. The Hall–Kier alpha value is -3.68. The van der Waals surface area contributed by atoms with Crippen LogP contribution in [0.25, 0.3) is 6.08 Å². The molecular formula is C20H18N2O6. The molecule has 0 N–H and O–H groups in total. The lowest BCUT2D eigenvalue weighted by atomic mass is 10.1. The van der Waals surface area contributed by atoms with E-state index in [4.69, 9.17) is 14.2 Å². The predicted molar refractivity (Wildman–Crippen MR) is 102 cm³/mol. The zero-order chi connectivity index (χ0) is 20.1. The first kappa shape index (κ1) is 19.1. The van der Waals surface area contributed by atoms with Gasteiger partial charge in [-0.25, -0.2) is 9.79 Å². The molecule has 2 aromatic rings. The number of hydrogen-bond donors (Lipinski definition) is 0. The van der Waals surface area contributed by atoms with E-state index >= 15 is 0 Å². The van der Waals surface area contributed by atoms with Crippen LogP contribution in [-0.4, -0.2) is 30.5 Å². The van der Waals surface area contributed by atoms with Crippen molar-refractivity contribution in [3.63, 3.8) is 0 Å². The first-order chi connectivity index (χ1) is 13.5. The molecule has 0 aromatic heterocycles. The van der Waals surface area contributed by atoms with Crippen molar-refractivity contribution < 1.29 is 23.9 Å². The molecule has 0 bridgehead atoms. The molecule has 0 fully saturated rings. The highest BCUT2D eigenvalue weighted by molar-refractivity contribution is 6.13. The van der Waals surface area contributed by atoms with E-state index in [0.29, 0.717) is 29.2 Å². The monoisotopic (exact) mass is 382 g/mol. The van der Waals surface area contributed by atoms with E-state index < -0.39 is 10.9 Å². The number of nitro benzene ring substituents is 1. The second-order valence-electron chi connectivity index (χ2n) is 5.87. The van der Waals surface area contributed by atoms with E-state index in [2.05, 4.69) is 4.99 Å². The van der Waals surface area contributed by atoms with Gasteiger partial charge in [0, 0.05) is 23.3 Å². The van der Waals surface area contributed by atoms with Crippen LogP contribution in [0.3, 0.4) is 0 Å². The summed E-state index contributed by atoms with van der Waals surface area (Å²) in [5.41, 5.74) is 0.913. The zero-order valence-corrected chi connectivity index (χ0v) is 15.4. The average Bonchev–Trinajstić information content (AvgIpc) is 3.07. The van der Waals surface area contributed by atoms with Gasteiger partial charge in [-0.2, -0.15) is 0 Å². The smallest absolute Gasteiger partial charge is 0.363 e. The summed E-state index contributed by atoms with van der Waals surface area (Å²) in [7, 11) is 1.54. The molecule has 2 aromatic carbocycles. The fraction of sp³-hybridized carbons (Fsp3) is 0.200. The van der Waals surface area contributed by atoms with E-state index in [9.17, 15) is 14.9 Å². The molecule has 144 valence electrons. The van der Waals surface area contributed by atoms with Gasteiger partial charge in [0.2, 0.25) is 5.90 Å². The van der Waals surface area contributed by atoms with E-state index in [1.807, 2.05) is 6.92 Å². The fourth-order valence-corrected chi connectivity index (χ4v) is 2.60. The number of nitro groups is 1. The lowest BCUT2D eigenvalue weighted by molar-refractivity contribution is -0.384. The topological polar surface area (TPSA) is 100 Å². The van der Waals surface area contributed by atoms with Crippen molar-refractivity contribution in [2.45, 2.75) is 13.3 Å².